The first kappa shape index (κ1) is 24.7. The van der Waals surface area contributed by atoms with Gasteiger partial charge in [0.2, 0.25) is 5.78 Å². The number of aliphatic hydroxyl groups is 1. The molecule has 182 valence electrons. The molecule has 0 aliphatic carbocycles. The van der Waals surface area contributed by atoms with E-state index in [2.05, 4.69) is 23.7 Å². The van der Waals surface area contributed by atoms with Gasteiger partial charge in [-0.25, -0.2) is 4.98 Å². The van der Waals surface area contributed by atoms with Gasteiger partial charge in [0.15, 0.2) is 5.76 Å². The summed E-state index contributed by atoms with van der Waals surface area (Å²) in [6.45, 7) is 13.5. The molecule has 0 saturated heterocycles. The number of Topliss-reactive ketones (excluding diaryl/α,β-unsaturated/α-hetero) is 1. The summed E-state index contributed by atoms with van der Waals surface area (Å²) in [5.74, 6) is -1.43. The van der Waals surface area contributed by atoms with Gasteiger partial charge < -0.3 is 10.0 Å². The fourth-order valence-corrected chi connectivity index (χ4v) is 5.59. The molecule has 1 N–H and O–H groups in total. The molecule has 0 bridgehead atoms. The fourth-order valence-electron chi connectivity index (χ4n) is 4.72. The average molecular weight is 490 g/mol. The van der Waals surface area contributed by atoms with E-state index < -0.39 is 17.7 Å². The van der Waals surface area contributed by atoms with Gasteiger partial charge in [-0.3, -0.25) is 14.5 Å². The highest BCUT2D eigenvalue weighted by Crippen LogP contribution is 2.44. The van der Waals surface area contributed by atoms with Crippen molar-refractivity contribution in [3.8, 4) is 0 Å². The van der Waals surface area contributed by atoms with Crippen LogP contribution in [0.3, 0.4) is 0 Å². The average Bonchev–Trinajstić information content (AvgIpc) is 3.32. The molecule has 6 nitrogen and oxygen atoms in total. The number of hydrogen-bond acceptors (Lipinski definition) is 6. The third-order valence-electron chi connectivity index (χ3n) is 6.74. The standard InChI is InChI=1S/C28H31N3O3S/c1-7-30(8-2)21-14-12-20(13-15-21)24-23(25(32)27-18(5)29-19(6)35-27)26(33)28(34)31(24)22-11-9-10-16(3)17(22)4/h9-15,24,33H,7-8H2,1-6H3. The summed E-state index contributed by atoms with van der Waals surface area (Å²) in [6, 6.07) is 12.9. The van der Waals surface area contributed by atoms with Crippen LogP contribution in [-0.2, 0) is 4.79 Å². The van der Waals surface area contributed by atoms with Crippen LogP contribution in [0.5, 0.6) is 0 Å². The Labute approximate surface area is 210 Å². The maximum Gasteiger partial charge on any atom is 0.294 e. The number of hydrogen-bond donors (Lipinski definition) is 1. The van der Waals surface area contributed by atoms with Crippen molar-refractivity contribution >= 4 is 34.4 Å². The zero-order valence-electron chi connectivity index (χ0n) is 21.0. The summed E-state index contributed by atoms with van der Waals surface area (Å²) in [4.78, 5) is 35.9. The van der Waals surface area contributed by atoms with E-state index in [0.717, 1.165) is 40.5 Å². The third kappa shape index (κ3) is 4.25. The number of carbonyl (C=O) groups is 2. The molecule has 2 heterocycles. The summed E-state index contributed by atoms with van der Waals surface area (Å²) >= 11 is 1.28. The summed E-state index contributed by atoms with van der Waals surface area (Å²) in [5.41, 5.74) is 5.16. The van der Waals surface area contributed by atoms with E-state index in [9.17, 15) is 14.7 Å². The summed E-state index contributed by atoms with van der Waals surface area (Å²) in [5, 5.41) is 11.8. The molecule has 0 radical (unpaired) electrons. The Morgan fingerprint density at radius 1 is 1.06 bits per heavy atom. The zero-order chi connectivity index (χ0) is 25.4. The molecule has 4 rings (SSSR count). The fraction of sp³-hybridized carbons (Fsp3) is 0.321. The first-order chi connectivity index (χ1) is 16.7. The van der Waals surface area contributed by atoms with Crippen LogP contribution in [0, 0.1) is 27.7 Å². The minimum Gasteiger partial charge on any atom is -0.503 e. The Morgan fingerprint density at radius 2 is 1.71 bits per heavy atom. The molecule has 0 spiro atoms. The molecule has 1 atom stereocenters. The SMILES string of the molecule is CCN(CC)c1ccc(C2C(C(=O)c3sc(C)nc3C)=C(O)C(=O)N2c2cccc(C)c2C)cc1. The highest BCUT2D eigenvalue weighted by atomic mass is 32.1. The minimum absolute atomic E-state index is 0.0956. The molecular weight excluding hydrogens is 458 g/mol. The van der Waals surface area contributed by atoms with Crippen molar-refractivity contribution in [3.63, 3.8) is 0 Å². The van der Waals surface area contributed by atoms with Crippen LogP contribution in [0.4, 0.5) is 11.4 Å². The Kier molecular flexibility index (Phi) is 6.81. The van der Waals surface area contributed by atoms with Crippen LogP contribution in [0.25, 0.3) is 0 Å². The van der Waals surface area contributed by atoms with Gasteiger partial charge in [-0.1, -0.05) is 24.3 Å². The molecule has 1 amide bonds. The van der Waals surface area contributed by atoms with Gasteiger partial charge in [0.05, 0.1) is 27.2 Å². The number of thiazole rings is 1. The number of aromatic nitrogens is 1. The number of benzene rings is 2. The second-order valence-electron chi connectivity index (χ2n) is 8.80. The summed E-state index contributed by atoms with van der Waals surface area (Å²) in [6.07, 6.45) is 0. The predicted molar refractivity (Wildman–Crippen MR) is 142 cm³/mol. The van der Waals surface area contributed by atoms with E-state index in [-0.39, 0.29) is 11.4 Å². The van der Waals surface area contributed by atoms with Crippen molar-refractivity contribution in [2.24, 2.45) is 0 Å². The van der Waals surface area contributed by atoms with Crippen molar-refractivity contribution in [1.82, 2.24) is 4.98 Å². The van der Waals surface area contributed by atoms with Gasteiger partial charge in [-0.15, -0.1) is 11.3 Å². The summed E-state index contributed by atoms with van der Waals surface area (Å²) in [7, 11) is 0. The second kappa shape index (κ2) is 9.66. The predicted octanol–water partition coefficient (Wildman–Crippen LogP) is 6.01. The first-order valence-electron chi connectivity index (χ1n) is 11.9. The van der Waals surface area contributed by atoms with Gasteiger partial charge >= 0.3 is 0 Å². The molecule has 2 aromatic carbocycles. The smallest absolute Gasteiger partial charge is 0.294 e. The van der Waals surface area contributed by atoms with Crippen LogP contribution in [-0.4, -0.2) is 34.9 Å². The number of rotatable bonds is 7. The zero-order valence-corrected chi connectivity index (χ0v) is 21.9. The molecule has 1 aliphatic rings. The van der Waals surface area contributed by atoms with E-state index in [4.69, 9.17) is 0 Å². The van der Waals surface area contributed by atoms with Crippen molar-refractivity contribution in [3.05, 3.63) is 86.1 Å². The van der Waals surface area contributed by atoms with E-state index in [0.29, 0.717) is 16.3 Å². The molecule has 1 aliphatic heterocycles. The van der Waals surface area contributed by atoms with E-state index in [1.165, 1.54) is 11.3 Å². The number of aryl methyl sites for hydroxylation is 3. The minimum atomic E-state index is -0.747. The van der Waals surface area contributed by atoms with E-state index in [1.54, 1.807) is 11.8 Å². The van der Waals surface area contributed by atoms with Crippen molar-refractivity contribution in [1.29, 1.82) is 0 Å². The quantitative estimate of drug-likeness (QED) is 0.412. The monoisotopic (exact) mass is 489 g/mol. The van der Waals surface area contributed by atoms with Gasteiger partial charge in [-0.05, 0) is 76.4 Å². The Balaban J connectivity index is 1.89. The van der Waals surface area contributed by atoms with Crippen molar-refractivity contribution in [2.45, 2.75) is 47.6 Å². The number of amides is 1. The lowest BCUT2D eigenvalue weighted by Crippen LogP contribution is -2.32. The van der Waals surface area contributed by atoms with Crippen molar-refractivity contribution < 1.29 is 14.7 Å². The normalized spacial score (nSPS) is 15.8. The second-order valence-corrected chi connectivity index (χ2v) is 10.0. The highest BCUT2D eigenvalue weighted by molar-refractivity contribution is 7.14. The third-order valence-corrected chi connectivity index (χ3v) is 7.81. The van der Waals surface area contributed by atoms with Gasteiger partial charge in [-0.2, -0.15) is 0 Å². The molecule has 7 heteroatoms. The number of anilines is 2. The van der Waals surface area contributed by atoms with Crippen LogP contribution in [0.15, 0.2) is 53.8 Å². The Morgan fingerprint density at radius 3 is 2.29 bits per heavy atom. The van der Waals surface area contributed by atoms with Crippen LogP contribution in [0.1, 0.15) is 57.0 Å². The van der Waals surface area contributed by atoms with Crippen LogP contribution < -0.4 is 9.80 Å². The number of ketones is 1. The lowest BCUT2D eigenvalue weighted by molar-refractivity contribution is -0.117. The first-order valence-corrected chi connectivity index (χ1v) is 12.7. The summed E-state index contributed by atoms with van der Waals surface area (Å²) < 4.78 is 0. The van der Waals surface area contributed by atoms with Crippen LogP contribution >= 0.6 is 11.3 Å². The largest absolute Gasteiger partial charge is 0.503 e. The maximum atomic E-state index is 13.8. The van der Waals surface area contributed by atoms with Gasteiger partial charge in [0.1, 0.15) is 0 Å². The highest BCUT2D eigenvalue weighted by Gasteiger charge is 2.45. The Hall–Kier alpha value is -3.45. The van der Waals surface area contributed by atoms with Gasteiger partial charge in [0, 0.05) is 24.5 Å². The lowest BCUT2D eigenvalue weighted by atomic mass is 9.94. The molecule has 0 fully saturated rings. The van der Waals surface area contributed by atoms with Crippen molar-refractivity contribution in [2.75, 3.05) is 22.9 Å². The topological polar surface area (TPSA) is 73.7 Å². The maximum absolute atomic E-state index is 13.8. The molecule has 0 saturated carbocycles. The van der Waals surface area contributed by atoms with Gasteiger partial charge in [0.25, 0.3) is 5.91 Å². The number of carbonyl (C=O) groups excluding carboxylic acids is 2. The van der Waals surface area contributed by atoms with E-state index in [1.807, 2.05) is 63.2 Å². The number of nitrogens with zero attached hydrogens (tertiary/aromatic N) is 3. The molecular formula is C28H31N3O3S. The molecule has 1 aromatic heterocycles. The molecule has 35 heavy (non-hydrogen) atoms. The molecule has 3 aromatic rings. The number of aliphatic hydroxyl groups excluding tert-OH is 1. The molecule has 1 unspecified atom stereocenters. The Bertz CT molecular complexity index is 1320. The van der Waals surface area contributed by atoms with E-state index >= 15 is 0 Å². The lowest BCUT2D eigenvalue weighted by Gasteiger charge is -2.29. The van der Waals surface area contributed by atoms with Crippen LogP contribution in [0.2, 0.25) is 0 Å².